The molecule has 0 aromatic heterocycles. The molecular weight excluding hydrogens is 609 g/mol. The summed E-state index contributed by atoms with van der Waals surface area (Å²) in [7, 11) is 0. The number of hydrogen-bond donors (Lipinski definition) is 0. The first-order chi connectivity index (χ1) is 24.4. The van der Waals surface area contributed by atoms with E-state index in [-0.39, 0.29) is 11.5 Å². The Kier molecular flexibility index (Phi) is 7.51. The molecule has 0 radical (unpaired) electrons. The van der Waals surface area contributed by atoms with Crippen molar-refractivity contribution in [1.29, 1.82) is 10.5 Å². The van der Waals surface area contributed by atoms with Gasteiger partial charge in [0.25, 0.3) is 0 Å². The molecule has 238 valence electrons. The molecule has 0 amide bonds. The van der Waals surface area contributed by atoms with Crippen LogP contribution in [0.5, 0.6) is 0 Å². The van der Waals surface area contributed by atoms with Gasteiger partial charge in [-0.05, 0) is 85.5 Å². The smallest absolute Gasteiger partial charge is 0.213 e. The maximum Gasteiger partial charge on any atom is 0.213 e. The second-order valence-electron chi connectivity index (χ2n) is 13.5. The highest BCUT2D eigenvalue weighted by Crippen LogP contribution is 2.52. The zero-order chi connectivity index (χ0) is 34.4. The van der Waals surface area contributed by atoms with E-state index in [4.69, 9.17) is 0 Å². The maximum absolute atomic E-state index is 10.1. The molecule has 0 bridgehead atoms. The molecule has 0 spiro atoms. The summed E-state index contributed by atoms with van der Waals surface area (Å²) in [5.74, 6) is 0. The van der Waals surface area contributed by atoms with Crippen LogP contribution in [0.2, 0.25) is 0 Å². The van der Waals surface area contributed by atoms with Crippen LogP contribution in [0.25, 0.3) is 32.3 Å². The van der Waals surface area contributed by atoms with Crippen LogP contribution in [-0.4, -0.2) is 10.3 Å². The van der Waals surface area contributed by atoms with E-state index in [0.717, 1.165) is 33.8 Å². The monoisotopic (exact) mass is 643 g/mol. The standard InChI is InChI=1S/C46H35N4/c1-31(29-47)27-32(30-48)28-42-46(2,3)45(35-13-7-4-8-14-35)50(42)41-26-22-34-19-23-38-40(25-21-33-20-24-39(41)44(34)43(33)38)49(36-15-9-5-10-16-36)37-17-11-6-12-18-37/h4-28,45H,1-3H3/q+1/b31-27+,32-28+. The maximum atomic E-state index is 10.1. The number of nitriles is 2. The highest BCUT2D eigenvalue weighted by Gasteiger charge is 2.57. The first-order valence-electron chi connectivity index (χ1n) is 16.9. The minimum Gasteiger partial charge on any atom is -0.310 e. The molecule has 1 aliphatic heterocycles. The molecule has 1 atom stereocenters. The number of rotatable bonds is 7. The average molecular weight is 644 g/mol. The molecule has 0 saturated carbocycles. The first kappa shape index (κ1) is 30.8. The minimum absolute atomic E-state index is 0.0385. The Bertz CT molecular complexity index is 2540. The predicted molar refractivity (Wildman–Crippen MR) is 206 cm³/mol. The van der Waals surface area contributed by atoms with Crippen LogP contribution in [0.15, 0.2) is 163 Å². The molecule has 1 aliphatic rings. The zero-order valence-corrected chi connectivity index (χ0v) is 28.3. The van der Waals surface area contributed by atoms with Crippen molar-refractivity contribution in [3.63, 3.8) is 0 Å². The van der Waals surface area contributed by atoms with Gasteiger partial charge in [-0.2, -0.15) is 15.1 Å². The van der Waals surface area contributed by atoms with E-state index in [1.807, 2.05) is 6.08 Å². The Labute approximate surface area is 292 Å². The van der Waals surface area contributed by atoms with Gasteiger partial charge in [0.15, 0.2) is 11.8 Å². The molecule has 4 nitrogen and oxygen atoms in total. The molecule has 0 saturated heterocycles. The fourth-order valence-corrected chi connectivity index (χ4v) is 7.85. The van der Waals surface area contributed by atoms with E-state index < -0.39 is 0 Å². The molecule has 1 heterocycles. The lowest BCUT2D eigenvalue weighted by Crippen LogP contribution is -2.50. The van der Waals surface area contributed by atoms with Crippen molar-refractivity contribution in [2.24, 2.45) is 5.41 Å². The lowest BCUT2D eigenvalue weighted by atomic mass is 9.69. The number of para-hydroxylation sites is 2. The Morgan fingerprint density at radius 2 is 1.20 bits per heavy atom. The minimum atomic E-state index is -0.277. The number of nitrogens with zero attached hydrogens (tertiary/aromatic N) is 4. The third-order valence-electron chi connectivity index (χ3n) is 10.1. The summed E-state index contributed by atoms with van der Waals surface area (Å²) >= 11 is 0. The highest BCUT2D eigenvalue weighted by molar-refractivity contribution is 6.27. The predicted octanol–water partition coefficient (Wildman–Crippen LogP) is 11.8. The van der Waals surface area contributed by atoms with E-state index in [0.29, 0.717) is 11.1 Å². The van der Waals surface area contributed by atoms with Gasteiger partial charge in [0, 0.05) is 45.4 Å². The van der Waals surface area contributed by atoms with Crippen LogP contribution >= 0.6 is 0 Å². The third kappa shape index (κ3) is 4.93. The van der Waals surface area contributed by atoms with E-state index in [1.165, 1.54) is 32.5 Å². The van der Waals surface area contributed by atoms with E-state index >= 15 is 0 Å². The van der Waals surface area contributed by atoms with Crippen molar-refractivity contribution in [2.75, 3.05) is 4.90 Å². The second-order valence-corrected chi connectivity index (χ2v) is 13.5. The van der Waals surface area contributed by atoms with Gasteiger partial charge in [0.05, 0.1) is 28.8 Å². The number of allylic oxidation sites excluding steroid dienone is 4. The van der Waals surface area contributed by atoms with Crippen molar-refractivity contribution in [1.82, 2.24) is 0 Å². The molecule has 7 aromatic carbocycles. The van der Waals surface area contributed by atoms with Crippen molar-refractivity contribution in [2.45, 2.75) is 26.8 Å². The summed E-state index contributed by atoms with van der Waals surface area (Å²) in [5.41, 5.74) is 7.36. The summed E-state index contributed by atoms with van der Waals surface area (Å²) in [5, 5.41) is 26.8. The van der Waals surface area contributed by atoms with E-state index in [1.54, 1.807) is 13.0 Å². The Hall–Kier alpha value is -6.49. The SMILES string of the molecule is C/C(C#N)=C\C(C#N)=C/C1=[N+](c2ccc3ccc4c(N(c5ccccc5)c5ccccc5)ccc5ccc2c3c54)C(c2ccccc2)C1(C)C. The molecule has 0 N–H and O–H groups in total. The number of anilines is 3. The fourth-order valence-electron chi connectivity index (χ4n) is 7.85. The molecular formula is C46H35N4+. The molecule has 1 unspecified atom stereocenters. The van der Waals surface area contributed by atoms with Gasteiger partial charge in [-0.15, -0.1) is 0 Å². The number of hydrogen-bond acceptors (Lipinski definition) is 3. The van der Waals surface area contributed by atoms with Crippen LogP contribution in [0.4, 0.5) is 22.7 Å². The molecule has 7 aromatic rings. The van der Waals surface area contributed by atoms with Crippen LogP contribution < -0.4 is 4.90 Å². The lowest BCUT2D eigenvalue weighted by molar-refractivity contribution is -0.547. The Balaban J connectivity index is 1.42. The summed E-state index contributed by atoms with van der Waals surface area (Å²) in [6, 6.07) is 54.2. The van der Waals surface area contributed by atoms with Gasteiger partial charge in [-0.1, -0.05) is 91.0 Å². The van der Waals surface area contributed by atoms with Gasteiger partial charge in [-0.25, -0.2) is 0 Å². The fraction of sp³-hybridized carbons (Fsp3) is 0.109. The molecule has 4 heteroatoms. The summed E-state index contributed by atoms with van der Waals surface area (Å²) in [6.07, 6.45) is 3.64. The normalized spacial score (nSPS) is 16.0. The van der Waals surface area contributed by atoms with Crippen LogP contribution in [-0.2, 0) is 0 Å². The lowest BCUT2D eigenvalue weighted by Gasteiger charge is -2.40. The number of benzene rings is 7. The van der Waals surface area contributed by atoms with Crippen molar-refractivity contribution < 1.29 is 4.58 Å². The summed E-state index contributed by atoms with van der Waals surface area (Å²) in [6.45, 7) is 6.22. The highest BCUT2D eigenvalue weighted by atomic mass is 15.2. The molecule has 50 heavy (non-hydrogen) atoms. The van der Waals surface area contributed by atoms with Crippen LogP contribution in [0.3, 0.4) is 0 Å². The largest absolute Gasteiger partial charge is 0.310 e. The first-order valence-corrected chi connectivity index (χ1v) is 16.9. The zero-order valence-electron chi connectivity index (χ0n) is 28.3. The molecule has 0 aliphatic carbocycles. The van der Waals surface area contributed by atoms with Gasteiger partial charge < -0.3 is 4.90 Å². The topological polar surface area (TPSA) is 53.8 Å². The second kappa shape index (κ2) is 12.2. The van der Waals surface area contributed by atoms with E-state index in [9.17, 15) is 10.5 Å². The van der Waals surface area contributed by atoms with Gasteiger partial charge in [0.2, 0.25) is 5.69 Å². The van der Waals surface area contributed by atoms with Crippen molar-refractivity contribution in [3.05, 3.63) is 168 Å². The Morgan fingerprint density at radius 3 is 1.80 bits per heavy atom. The van der Waals surface area contributed by atoms with Crippen LogP contribution in [0, 0.1) is 28.1 Å². The molecule has 0 fully saturated rings. The van der Waals surface area contributed by atoms with Crippen molar-refractivity contribution >= 4 is 60.8 Å². The van der Waals surface area contributed by atoms with Crippen molar-refractivity contribution in [3.8, 4) is 12.1 Å². The average Bonchev–Trinajstić information content (AvgIpc) is 3.16. The summed E-state index contributed by atoms with van der Waals surface area (Å²) < 4.78 is 2.40. The van der Waals surface area contributed by atoms with Gasteiger partial charge in [0.1, 0.15) is 5.41 Å². The third-order valence-corrected chi connectivity index (χ3v) is 10.1. The Morgan fingerprint density at radius 1 is 0.660 bits per heavy atom. The van der Waals surface area contributed by atoms with Gasteiger partial charge in [-0.3, -0.25) is 0 Å². The van der Waals surface area contributed by atoms with E-state index in [2.05, 4.69) is 175 Å². The van der Waals surface area contributed by atoms with Gasteiger partial charge >= 0.3 is 0 Å². The molecule has 8 rings (SSSR count). The summed E-state index contributed by atoms with van der Waals surface area (Å²) in [4.78, 5) is 2.34. The van der Waals surface area contributed by atoms with Crippen LogP contribution in [0.1, 0.15) is 32.4 Å². The quantitative estimate of drug-likeness (QED) is 0.0751.